The lowest BCUT2D eigenvalue weighted by Crippen LogP contribution is -2.05. The van der Waals surface area contributed by atoms with Crippen molar-refractivity contribution >= 4 is 17.3 Å². The van der Waals surface area contributed by atoms with Crippen LogP contribution < -0.4 is 5.32 Å². The van der Waals surface area contributed by atoms with E-state index in [1.807, 2.05) is 24.7 Å². The number of hydrogen-bond acceptors (Lipinski definition) is 3. The highest BCUT2D eigenvalue weighted by molar-refractivity contribution is 6.29. The van der Waals surface area contributed by atoms with E-state index in [1.54, 1.807) is 12.4 Å². The van der Waals surface area contributed by atoms with Gasteiger partial charge < -0.3 is 9.88 Å². The molecule has 0 amide bonds. The molecule has 2 aromatic rings. The molecule has 0 radical (unpaired) electrons. The minimum absolute atomic E-state index is 0.514. The van der Waals surface area contributed by atoms with Gasteiger partial charge >= 0.3 is 0 Å². The predicted molar refractivity (Wildman–Crippen MR) is 64.6 cm³/mol. The molecule has 4 nitrogen and oxygen atoms in total. The molecule has 0 aliphatic carbocycles. The van der Waals surface area contributed by atoms with E-state index in [0.717, 1.165) is 25.2 Å². The van der Waals surface area contributed by atoms with Gasteiger partial charge in [-0.15, -0.1) is 0 Å². The van der Waals surface area contributed by atoms with E-state index in [2.05, 4.69) is 19.9 Å². The van der Waals surface area contributed by atoms with Crippen LogP contribution in [0.25, 0.3) is 0 Å². The number of nitrogens with one attached hydrogen (secondary N) is 1. The summed E-state index contributed by atoms with van der Waals surface area (Å²) in [7, 11) is 0. The average molecular weight is 237 g/mol. The number of anilines is 1. The molecule has 2 aromatic heterocycles. The van der Waals surface area contributed by atoms with Gasteiger partial charge in [0.2, 0.25) is 0 Å². The second-order valence-corrected chi connectivity index (χ2v) is 3.84. The van der Waals surface area contributed by atoms with Gasteiger partial charge in [-0.2, -0.15) is 0 Å². The first kappa shape index (κ1) is 11.0. The van der Waals surface area contributed by atoms with E-state index in [9.17, 15) is 0 Å². The number of imidazole rings is 1. The fourth-order valence-electron chi connectivity index (χ4n) is 1.43. The number of aromatic nitrogens is 3. The minimum Gasteiger partial charge on any atom is -0.385 e. The molecule has 2 heterocycles. The summed E-state index contributed by atoms with van der Waals surface area (Å²) in [5, 5.41) is 3.80. The Hall–Kier alpha value is -1.55. The Balaban J connectivity index is 1.72. The summed E-state index contributed by atoms with van der Waals surface area (Å²) in [6.07, 6.45) is 8.31. The fourth-order valence-corrected chi connectivity index (χ4v) is 1.60. The summed E-state index contributed by atoms with van der Waals surface area (Å²) in [6.45, 7) is 1.87. The number of aryl methyl sites for hydroxylation is 1. The van der Waals surface area contributed by atoms with Crippen molar-refractivity contribution in [2.45, 2.75) is 13.0 Å². The predicted octanol–water partition coefficient (Wildman–Crippen LogP) is 2.43. The highest BCUT2D eigenvalue weighted by Crippen LogP contribution is 2.11. The van der Waals surface area contributed by atoms with Crippen molar-refractivity contribution < 1.29 is 0 Å². The molecule has 0 unspecified atom stereocenters. The van der Waals surface area contributed by atoms with Crippen molar-refractivity contribution in [3.05, 3.63) is 42.2 Å². The maximum absolute atomic E-state index is 5.78. The maximum atomic E-state index is 5.78. The highest BCUT2D eigenvalue weighted by atomic mass is 35.5. The average Bonchev–Trinajstić information content (AvgIpc) is 2.77. The topological polar surface area (TPSA) is 42.7 Å². The lowest BCUT2D eigenvalue weighted by molar-refractivity contribution is 0.661. The first-order valence-corrected chi connectivity index (χ1v) is 5.53. The van der Waals surface area contributed by atoms with Crippen molar-refractivity contribution in [1.29, 1.82) is 0 Å². The van der Waals surface area contributed by atoms with Gasteiger partial charge in [-0.25, -0.2) is 9.97 Å². The summed E-state index contributed by atoms with van der Waals surface area (Å²) in [6, 6.07) is 3.72. The number of halogens is 1. The molecule has 5 heteroatoms. The van der Waals surface area contributed by atoms with E-state index in [4.69, 9.17) is 11.6 Å². The van der Waals surface area contributed by atoms with Crippen LogP contribution in [0, 0.1) is 0 Å². The Bertz CT molecular complexity index is 427. The second kappa shape index (κ2) is 5.51. The van der Waals surface area contributed by atoms with Gasteiger partial charge in [0, 0.05) is 37.4 Å². The van der Waals surface area contributed by atoms with Crippen LogP contribution in [0.1, 0.15) is 6.42 Å². The molecule has 2 rings (SSSR count). The molecule has 0 fully saturated rings. The standard InChI is InChI=1S/C11H13ClN4/c12-11-8-10(2-4-15-11)14-3-1-6-16-7-5-13-9-16/h2,4-5,7-9H,1,3,6H2,(H,14,15). The molecule has 0 saturated carbocycles. The Kier molecular flexibility index (Phi) is 3.77. The van der Waals surface area contributed by atoms with E-state index < -0.39 is 0 Å². The quantitative estimate of drug-likeness (QED) is 0.641. The van der Waals surface area contributed by atoms with Crippen LogP contribution in [0.3, 0.4) is 0 Å². The summed E-state index contributed by atoms with van der Waals surface area (Å²) in [5.41, 5.74) is 1.01. The van der Waals surface area contributed by atoms with Gasteiger partial charge in [-0.05, 0) is 18.6 Å². The monoisotopic (exact) mass is 236 g/mol. The van der Waals surface area contributed by atoms with Gasteiger partial charge in [-0.1, -0.05) is 11.6 Å². The lowest BCUT2D eigenvalue weighted by Gasteiger charge is -2.06. The van der Waals surface area contributed by atoms with Crippen LogP contribution in [0.4, 0.5) is 5.69 Å². The van der Waals surface area contributed by atoms with Gasteiger partial charge in [0.15, 0.2) is 0 Å². The third-order valence-electron chi connectivity index (χ3n) is 2.21. The molecule has 0 aliphatic rings. The molecule has 16 heavy (non-hydrogen) atoms. The fraction of sp³-hybridized carbons (Fsp3) is 0.273. The minimum atomic E-state index is 0.514. The van der Waals surface area contributed by atoms with Crippen LogP contribution in [-0.2, 0) is 6.54 Å². The zero-order chi connectivity index (χ0) is 11.2. The van der Waals surface area contributed by atoms with E-state index >= 15 is 0 Å². The van der Waals surface area contributed by atoms with Crippen molar-refractivity contribution in [1.82, 2.24) is 14.5 Å². The van der Waals surface area contributed by atoms with Crippen molar-refractivity contribution in [3.8, 4) is 0 Å². The molecule has 0 saturated heterocycles. The van der Waals surface area contributed by atoms with E-state index in [0.29, 0.717) is 5.15 Å². The lowest BCUT2D eigenvalue weighted by atomic mass is 10.3. The van der Waals surface area contributed by atoms with Crippen molar-refractivity contribution in [2.75, 3.05) is 11.9 Å². The normalized spacial score (nSPS) is 10.3. The summed E-state index contributed by atoms with van der Waals surface area (Å²) in [5.74, 6) is 0. The summed E-state index contributed by atoms with van der Waals surface area (Å²) < 4.78 is 2.06. The van der Waals surface area contributed by atoms with Gasteiger partial charge in [0.25, 0.3) is 0 Å². The molecular formula is C11H13ClN4. The van der Waals surface area contributed by atoms with Crippen LogP contribution in [-0.4, -0.2) is 21.1 Å². The zero-order valence-corrected chi connectivity index (χ0v) is 9.56. The summed E-state index contributed by atoms with van der Waals surface area (Å²) in [4.78, 5) is 7.91. The van der Waals surface area contributed by atoms with Gasteiger partial charge in [0.1, 0.15) is 5.15 Å². The molecule has 0 spiro atoms. The Morgan fingerprint density at radius 3 is 3.06 bits per heavy atom. The number of nitrogens with zero attached hydrogens (tertiary/aromatic N) is 3. The molecule has 84 valence electrons. The van der Waals surface area contributed by atoms with Crippen LogP contribution in [0.2, 0.25) is 5.15 Å². The largest absolute Gasteiger partial charge is 0.385 e. The number of rotatable bonds is 5. The molecule has 0 bridgehead atoms. The molecule has 0 aliphatic heterocycles. The smallest absolute Gasteiger partial charge is 0.131 e. The van der Waals surface area contributed by atoms with Crippen molar-refractivity contribution in [2.24, 2.45) is 0 Å². The van der Waals surface area contributed by atoms with E-state index in [1.165, 1.54) is 0 Å². The number of hydrogen-bond donors (Lipinski definition) is 1. The summed E-state index contributed by atoms with van der Waals surface area (Å²) >= 11 is 5.78. The molecule has 1 N–H and O–H groups in total. The third-order valence-corrected chi connectivity index (χ3v) is 2.41. The SMILES string of the molecule is Clc1cc(NCCCn2ccnc2)ccn1. The van der Waals surface area contributed by atoms with Gasteiger partial charge in [0.05, 0.1) is 6.33 Å². The second-order valence-electron chi connectivity index (χ2n) is 3.45. The number of pyridine rings is 1. The maximum Gasteiger partial charge on any atom is 0.131 e. The molecule has 0 atom stereocenters. The zero-order valence-electron chi connectivity index (χ0n) is 8.81. The van der Waals surface area contributed by atoms with Crippen LogP contribution >= 0.6 is 11.6 Å². The first-order chi connectivity index (χ1) is 7.84. The van der Waals surface area contributed by atoms with Crippen LogP contribution in [0.15, 0.2) is 37.1 Å². The Morgan fingerprint density at radius 1 is 1.38 bits per heavy atom. The Morgan fingerprint density at radius 2 is 2.31 bits per heavy atom. The van der Waals surface area contributed by atoms with Crippen molar-refractivity contribution in [3.63, 3.8) is 0 Å². The molecular weight excluding hydrogens is 224 g/mol. The Labute approximate surface area is 99.3 Å². The van der Waals surface area contributed by atoms with Crippen LogP contribution in [0.5, 0.6) is 0 Å². The van der Waals surface area contributed by atoms with Gasteiger partial charge in [-0.3, -0.25) is 0 Å². The highest BCUT2D eigenvalue weighted by Gasteiger charge is 1.94. The first-order valence-electron chi connectivity index (χ1n) is 5.16. The van der Waals surface area contributed by atoms with E-state index in [-0.39, 0.29) is 0 Å². The molecule has 0 aromatic carbocycles. The third kappa shape index (κ3) is 3.24.